The fraction of sp³-hybridized carbons (Fsp3) is 0.231. The number of aliphatic imine (C=N–C) groups is 1. The number of rotatable bonds is 4. The molecule has 0 radical (unpaired) electrons. The van der Waals surface area contributed by atoms with Gasteiger partial charge in [-0.2, -0.15) is 9.61 Å². The van der Waals surface area contributed by atoms with Crippen LogP contribution in [0.5, 0.6) is 0 Å². The van der Waals surface area contributed by atoms with E-state index in [2.05, 4.69) is 26.8 Å². The average molecular weight is 290 g/mol. The number of anilines is 1. The van der Waals surface area contributed by atoms with Gasteiger partial charge in [0, 0.05) is 25.9 Å². The molecule has 0 aliphatic heterocycles. The average Bonchev–Trinajstić information content (AvgIpc) is 2.82. The van der Waals surface area contributed by atoms with Crippen LogP contribution in [-0.4, -0.2) is 40.4 Å². The predicted octanol–water partition coefficient (Wildman–Crippen LogP) is 1.40. The maximum Gasteiger partial charge on any atom is 0.349 e. The van der Waals surface area contributed by atoms with Crippen LogP contribution in [0.25, 0.3) is 11.2 Å². The van der Waals surface area contributed by atoms with Crippen LogP contribution in [0, 0.1) is 0 Å². The highest BCUT2D eigenvalue weighted by atomic mass is 19.1. The normalized spacial score (nSPS) is 12.8. The van der Waals surface area contributed by atoms with Crippen molar-refractivity contribution in [3.8, 4) is 0 Å². The van der Waals surface area contributed by atoms with E-state index in [1.807, 2.05) is 14.1 Å². The van der Waals surface area contributed by atoms with Gasteiger partial charge in [0.15, 0.2) is 5.65 Å². The standard InChI is InChI=1S/C13H15FN6O/c1-8(14)5-9(6-15-2)11-17-12-10(19(3)4)7-16-20(12)13(21)18-11/h5-7H,2H2,1,3-4H3,(H,17,18,21)/b8-5+,9-6+. The Morgan fingerprint density at radius 1 is 1.57 bits per heavy atom. The Labute approximate surface area is 120 Å². The number of fused-ring (bicyclic) bond motifs is 1. The first-order valence-corrected chi connectivity index (χ1v) is 6.09. The molecule has 0 fully saturated rings. The monoisotopic (exact) mass is 290 g/mol. The second kappa shape index (κ2) is 5.70. The molecular formula is C13H15FN6O. The van der Waals surface area contributed by atoms with Crippen molar-refractivity contribution in [3.05, 3.63) is 40.6 Å². The zero-order valence-corrected chi connectivity index (χ0v) is 12.0. The molecule has 0 aliphatic carbocycles. The van der Waals surface area contributed by atoms with Crippen molar-refractivity contribution < 1.29 is 4.39 Å². The summed E-state index contributed by atoms with van der Waals surface area (Å²) in [6.07, 6.45) is 4.07. The number of aromatic nitrogens is 4. The molecule has 0 bridgehead atoms. The highest BCUT2D eigenvalue weighted by Gasteiger charge is 2.13. The van der Waals surface area contributed by atoms with E-state index in [4.69, 9.17) is 0 Å². The van der Waals surface area contributed by atoms with Crippen molar-refractivity contribution >= 4 is 23.6 Å². The van der Waals surface area contributed by atoms with Gasteiger partial charge in [0.25, 0.3) is 0 Å². The lowest BCUT2D eigenvalue weighted by Crippen LogP contribution is -2.21. The van der Waals surface area contributed by atoms with Gasteiger partial charge in [-0.3, -0.25) is 9.98 Å². The molecule has 0 atom stereocenters. The molecule has 2 aromatic heterocycles. The zero-order chi connectivity index (χ0) is 15.6. The summed E-state index contributed by atoms with van der Waals surface area (Å²) in [5, 5.41) is 3.97. The summed E-state index contributed by atoms with van der Waals surface area (Å²) in [5.41, 5.74) is 0.895. The first kappa shape index (κ1) is 14.6. The molecule has 0 saturated heterocycles. The number of allylic oxidation sites excluding steroid dienone is 3. The number of nitrogens with zero attached hydrogens (tertiary/aromatic N) is 5. The summed E-state index contributed by atoms with van der Waals surface area (Å²) >= 11 is 0. The fourth-order valence-corrected chi connectivity index (χ4v) is 1.81. The van der Waals surface area contributed by atoms with Crippen LogP contribution in [0.4, 0.5) is 10.1 Å². The quantitative estimate of drug-likeness (QED) is 0.682. The van der Waals surface area contributed by atoms with Gasteiger partial charge in [-0.15, -0.1) is 0 Å². The van der Waals surface area contributed by atoms with E-state index < -0.39 is 11.5 Å². The number of hydrogen-bond acceptors (Lipinski definition) is 5. The molecule has 21 heavy (non-hydrogen) atoms. The van der Waals surface area contributed by atoms with Crippen LogP contribution >= 0.6 is 0 Å². The maximum atomic E-state index is 13.1. The van der Waals surface area contributed by atoms with Crippen molar-refractivity contribution in [1.82, 2.24) is 19.6 Å². The molecule has 0 amide bonds. The second-order valence-corrected chi connectivity index (χ2v) is 4.55. The van der Waals surface area contributed by atoms with E-state index in [0.29, 0.717) is 16.9 Å². The van der Waals surface area contributed by atoms with Gasteiger partial charge < -0.3 is 4.90 Å². The van der Waals surface area contributed by atoms with Gasteiger partial charge >= 0.3 is 5.69 Å². The summed E-state index contributed by atoms with van der Waals surface area (Å²) in [6.45, 7) is 4.62. The van der Waals surface area contributed by atoms with E-state index in [0.717, 1.165) is 4.52 Å². The van der Waals surface area contributed by atoms with E-state index in [1.165, 1.54) is 25.4 Å². The highest BCUT2D eigenvalue weighted by molar-refractivity contribution is 5.73. The molecular weight excluding hydrogens is 275 g/mol. The first-order chi connectivity index (χ1) is 9.93. The Bertz CT molecular complexity index is 795. The topological polar surface area (TPSA) is 78.7 Å². The molecule has 7 nitrogen and oxygen atoms in total. The van der Waals surface area contributed by atoms with Crippen molar-refractivity contribution in [1.29, 1.82) is 0 Å². The molecule has 2 rings (SSSR count). The Balaban J connectivity index is 2.73. The lowest BCUT2D eigenvalue weighted by molar-refractivity contribution is 0.641. The van der Waals surface area contributed by atoms with Gasteiger partial charge in [-0.25, -0.2) is 14.2 Å². The van der Waals surface area contributed by atoms with E-state index in [1.54, 1.807) is 4.90 Å². The lowest BCUT2D eigenvalue weighted by Gasteiger charge is -2.09. The van der Waals surface area contributed by atoms with Crippen molar-refractivity contribution in [2.45, 2.75) is 6.92 Å². The molecule has 2 aromatic rings. The van der Waals surface area contributed by atoms with Crippen LogP contribution in [0.2, 0.25) is 0 Å². The molecule has 0 aliphatic rings. The minimum absolute atomic E-state index is 0.195. The minimum atomic E-state index is -0.469. The number of nitrogens with one attached hydrogen (secondary N) is 1. The highest BCUT2D eigenvalue weighted by Crippen LogP contribution is 2.19. The zero-order valence-electron chi connectivity index (χ0n) is 12.0. The summed E-state index contributed by atoms with van der Waals surface area (Å²) in [6, 6.07) is 0. The second-order valence-electron chi connectivity index (χ2n) is 4.55. The SMILES string of the molecule is C=N/C=C(\C=C(/C)F)c1nc2c(N(C)C)cnn2c(=O)[nH]1. The van der Waals surface area contributed by atoms with Gasteiger partial charge in [0.05, 0.1) is 12.0 Å². The number of halogens is 1. The molecule has 0 aromatic carbocycles. The molecule has 8 heteroatoms. The van der Waals surface area contributed by atoms with Gasteiger partial charge in [0.1, 0.15) is 11.5 Å². The third kappa shape index (κ3) is 2.88. The molecule has 2 heterocycles. The molecule has 1 N–H and O–H groups in total. The number of H-pyrrole nitrogens is 1. The molecule has 110 valence electrons. The first-order valence-electron chi connectivity index (χ1n) is 6.09. The van der Waals surface area contributed by atoms with Crippen LogP contribution in [0.15, 0.2) is 34.1 Å². The third-order valence-electron chi connectivity index (χ3n) is 2.70. The molecule has 0 saturated carbocycles. The Morgan fingerprint density at radius 3 is 2.86 bits per heavy atom. The van der Waals surface area contributed by atoms with Crippen LogP contribution in [-0.2, 0) is 0 Å². The number of aromatic amines is 1. The van der Waals surface area contributed by atoms with E-state index >= 15 is 0 Å². The van der Waals surface area contributed by atoms with E-state index in [-0.39, 0.29) is 5.82 Å². The predicted molar refractivity (Wildman–Crippen MR) is 80.3 cm³/mol. The van der Waals surface area contributed by atoms with Crippen LogP contribution in [0.1, 0.15) is 12.7 Å². The van der Waals surface area contributed by atoms with Crippen molar-refractivity contribution in [2.24, 2.45) is 4.99 Å². The Hall–Kier alpha value is -2.77. The van der Waals surface area contributed by atoms with Gasteiger partial charge in [0.2, 0.25) is 0 Å². The summed E-state index contributed by atoms with van der Waals surface area (Å²) in [7, 11) is 3.63. The summed E-state index contributed by atoms with van der Waals surface area (Å²) in [4.78, 5) is 24.3. The van der Waals surface area contributed by atoms with Gasteiger partial charge in [-0.05, 0) is 19.7 Å². The summed E-state index contributed by atoms with van der Waals surface area (Å²) < 4.78 is 14.3. The Morgan fingerprint density at radius 2 is 2.29 bits per heavy atom. The number of hydrogen-bond donors (Lipinski definition) is 1. The van der Waals surface area contributed by atoms with E-state index in [9.17, 15) is 9.18 Å². The largest absolute Gasteiger partial charge is 0.373 e. The smallest absolute Gasteiger partial charge is 0.349 e. The third-order valence-corrected chi connectivity index (χ3v) is 2.70. The molecule has 0 unspecified atom stereocenters. The fourth-order valence-electron chi connectivity index (χ4n) is 1.81. The maximum absolute atomic E-state index is 13.1. The summed E-state index contributed by atoms with van der Waals surface area (Å²) in [5.74, 6) is -0.241. The van der Waals surface area contributed by atoms with Crippen LogP contribution in [0.3, 0.4) is 0 Å². The Kier molecular flexibility index (Phi) is 3.97. The van der Waals surface area contributed by atoms with Crippen molar-refractivity contribution in [2.75, 3.05) is 19.0 Å². The van der Waals surface area contributed by atoms with Crippen LogP contribution < -0.4 is 10.6 Å². The molecule has 0 spiro atoms. The van der Waals surface area contributed by atoms with Gasteiger partial charge in [-0.1, -0.05) is 0 Å². The van der Waals surface area contributed by atoms with Crippen molar-refractivity contribution in [3.63, 3.8) is 0 Å². The lowest BCUT2D eigenvalue weighted by atomic mass is 10.2. The minimum Gasteiger partial charge on any atom is -0.373 e.